The summed E-state index contributed by atoms with van der Waals surface area (Å²) >= 11 is 0. The Morgan fingerprint density at radius 3 is 2.55 bits per heavy atom. The molecule has 0 aliphatic heterocycles. The zero-order valence-electron chi connectivity index (χ0n) is 20.3. The van der Waals surface area contributed by atoms with E-state index in [1.807, 2.05) is 13.0 Å². The Hall–Kier alpha value is -1.16. The van der Waals surface area contributed by atoms with Gasteiger partial charge >= 0.3 is 0 Å². The highest BCUT2D eigenvalue weighted by Crippen LogP contribution is 2.59. The van der Waals surface area contributed by atoms with Crippen LogP contribution in [-0.4, -0.2) is 33.1 Å². The van der Waals surface area contributed by atoms with Gasteiger partial charge < -0.3 is 15.3 Å². The van der Waals surface area contributed by atoms with Crippen LogP contribution >= 0.6 is 0 Å². The van der Waals surface area contributed by atoms with E-state index in [9.17, 15) is 15.3 Å². The number of aliphatic hydroxyl groups is 3. The Morgan fingerprint density at radius 1 is 1.16 bits per heavy atom. The summed E-state index contributed by atoms with van der Waals surface area (Å²) in [7, 11) is 0. The van der Waals surface area contributed by atoms with Crippen LogP contribution in [0.3, 0.4) is 0 Å². The van der Waals surface area contributed by atoms with Gasteiger partial charge in [0.25, 0.3) is 0 Å². The first-order valence-corrected chi connectivity index (χ1v) is 12.3. The first kappa shape index (κ1) is 24.5. The van der Waals surface area contributed by atoms with E-state index in [-0.39, 0.29) is 5.92 Å². The Morgan fingerprint density at radius 2 is 1.87 bits per heavy atom. The number of rotatable bonds is 5. The first-order valence-electron chi connectivity index (χ1n) is 12.3. The van der Waals surface area contributed by atoms with Gasteiger partial charge in [-0.1, -0.05) is 64.2 Å². The molecule has 0 unspecified atom stereocenters. The summed E-state index contributed by atoms with van der Waals surface area (Å²) in [6.45, 7) is 14.9. The van der Waals surface area contributed by atoms with Gasteiger partial charge in [0.1, 0.15) is 0 Å². The normalized spacial score (nSPS) is 40.0. The maximum atomic E-state index is 10.6. The van der Waals surface area contributed by atoms with E-state index in [0.29, 0.717) is 36.0 Å². The van der Waals surface area contributed by atoms with E-state index in [1.165, 1.54) is 31.3 Å². The van der Waals surface area contributed by atoms with Gasteiger partial charge in [0.05, 0.1) is 17.8 Å². The lowest BCUT2D eigenvalue weighted by molar-refractivity contribution is 0.0607. The highest BCUT2D eigenvalue weighted by Gasteiger charge is 2.50. The summed E-state index contributed by atoms with van der Waals surface area (Å²) in [6.07, 6.45) is 14.6. The van der Waals surface area contributed by atoms with E-state index in [2.05, 4.69) is 52.5 Å². The summed E-state index contributed by atoms with van der Waals surface area (Å²) in [5.41, 5.74) is 2.82. The van der Waals surface area contributed by atoms with E-state index < -0.39 is 17.8 Å². The lowest BCUT2D eigenvalue weighted by Crippen LogP contribution is -2.36. The third-order valence-corrected chi connectivity index (χ3v) is 8.84. The van der Waals surface area contributed by atoms with Gasteiger partial charge in [0, 0.05) is 6.42 Å². The minimum absolute atomic E-state index is 0.201. The summed E-state index contributed by atoms with van der Waals surface area (Å²) in [5, 5.41) is 30.8. The van der Waals surface area contributed by atoms with Crippen LogP contribution in [0.1, 0.15) is 79.6 Å². The Bertz CT molecular complexity index is 756. The summed E-state index contributed by atoms with van der Waals surface area (Å²) in [6, 6.07) is 0. The molecule has 0 saturated heterocycles. The summed E-state index contributed by atoms with van der Waals surface area (Å²) in [5.74, 6) is 1.87. The molecule has 7 atom stereocenters. The number of hydrogen-bond acceptors (Lipinski definition) is 3. The van der Waals surface area contributed by atoms with Crippen molar-refractivity contribution in [1.29, 1.82) is 0 Å². The maximum absolute atomic E-state index is 10.6. The van der Waals surface area contributed by atoms with Crippen molar-refractivity contribution in [2.75, 3.05) is 0 Å². The van der Waals surface area contributed by atoms with Gasteiger partial charge in [0.15, 0.2) is 0 Å². The van der Waals surface area contributed by atoms with Crippen molar-refractivity contribution >= 4 is 0 Å². The molecule has 3 saturated carbocycles. The first-order chi connectivity index (χ1) is 14.5. The standard InChI is InChI=1S/C28H44O3/c1-18(2)28(6,31)15-13-19(3)24-11-12-25-21(8-7-14-27(24,25)5)9-10-22-16-23(29)17-26(30)20(22)4/h9-10,13,15,18-19,23-26,29-31H,4,7-8,11-12,14,16-17H2,1-3,5-6H3/b15-13+,21-9+,22-10-/t19-,23-,24-,25+,26+,27-,28-/m1/s1. The molecule has 174 valence electrons. The van der Waals surface area contributed by atoms with Gasteiger partial charge in [-0.2, -0.15) is 0 Å². The van der Waals surface area contributed by atoms with Gasteiger partial charge in [-0.15, -0.1) is 0 Å². The fraction of sp³-hybridized carbons (Fsp3) is 0.714. The lowest BCUT2D eigenvalue weighted by Gasteiger charge is -2.44. The summed E-state index contributed by atoms with van der Waals surface area (Å²) in [4.78, 5) is 0. The fourth-order valence-corrected chi connectivity index (χ4v) is 6.28. The molecule has 0 aromatic heterocycles. The van der Waals surface area contributed by atoms with Gasteiger partial charge in [-0.25, -0.2) is 0 Å². The monoisotopic (exact) mass is 428 g/mol. The van der Waals surface area contributed by atoms with Crippen molar-refractivity contribution in [3.63, 3.8) is 0 Å². The van der Waals surface area contributed by atoms with Crippen LogP contribution in [0.25, 0.3) is 0 Å². The van der Waals surface area contributed by atoms with Crippen LogP contribution in [0, 0.1) is 29.1 Å². The van der Waals surface area contributed by atoms with Crippen LogP contribution < -0.4 is 0 Å². The average molecular weight is 429 g/mol. The molecule has 0 aromatic carbocycles. The van der Waals surface area contributed by atoms with Crippen LogP contribution in [0.5, 0.6) is 0 Å². The molecule has 31 heavy (non-hydrogen) atoms. The topological polar surface area (TPSA) is 60.7 Å². The van der Waals surface area contributed by atoms with Gasteiger partial charge in [0.2, 0.25) is 0 Å². The molecule has 3 N–H and O–H groups in total. The molecule has 0 spiro atoms. The Balaban J connectivity index is 1.78. The highest BCUT2D eigenvalue weighted by molar-refractivity contribution is 5.38. The van der Waals surface area contributed by atoms with Crippen molar-refractivity contribution in [2.45, 2.75) is 97.4 Å². The molecule has 0 bridgehead atoms. The molecule has 3 aliphatic rings. The highest BCUT2D eigenvalue weighted by atomic mass is 16.3. The molecule has 0 amide bonds. The molecule has 0 heterocycles. The largest absolute Gasteiger partial charge is 0.393 e. The number of allylic oxidation sites excluding steroid dienone is 4. The van der Waals surface area contributed by atoms with Crippen molar-refractivity contribution in [3.05, 3.63) is 47.6 Å². The molecule has 3 rings (SSSR count). The Kier molecular flexibility index (Phi) is 7.40. The maximum Gasteiger partial charge on any atom is 0.0822 e. The van der Waals surface area contributed by atoms with Crippen LogP contribution in [0.15, 0.2) is 47.6 Å². The molecule has 0 aromatic rings. The smallest absolute Gasteiger partial charge is 0.0822 e. The average Bonchev–Trinajstić information content (AvgIpc) is 3.05. The second-order valence-electron chi connectivity index (χ2n) is 11.3. The number of hydrogen-bond donors (Lipinski definition) is 3. The third-order valence-electron chi connectivity index (χ3n) is 8.84. The molecular formula is C28H44O3. The van der Waals surface area contributed by atoms with Crippen LogP contribution in [0.4, 0.5) is 0 Å². The van der Waals surface area contributed by atoms with E-state index in [0.717, 1.165) is 17.6 Å². The van der Waals surface area contributed by atoms with E-state index >= 15 is 0 Å². The van der Waals surface area contributed by atoms with E-state index in [1.54, 1.807) is 0 Å². The second kappa shape index (κ2) is 9.37. The predicted octanol–water partition coefficient (Wildman–Crippen LogP) is 5.73. The van der Waals surface area contributed by atoms with Crippen molar-refractivity contribution in [1.82, 2.24) is 0 Å². The molecule has 0 radical (unpaired) electrons. The third kappa shape index (κ3) is 5.10. The predicted molar refractivity (Wildman–Crippen MR) is 128 cm³/mol. The minimum Gasteiger partial charge on any atom is -0.393 e. The molecular weight excluding hydrogens is 384 g/mol. The lowest BCUT2D eigenvalue weighted by atomic mass is 9.61. The number of fused-ring (bicyclic) bond motifs is 1. The zero-order chi connectivity index (χ0) is 23.0. The fourth-order valence-electron chi connectivity index (χ4n) is 6.28. The SMILES string of the molecule is C=C1/C(=C\C=C2/CCC[C@]3(C)[C@@H]([C@H](C)/C=C/[C@@](C)(O)C(C)C)CC[C@@H]23)C[C@@H](O)C[C@@H]1O. The van der Waals surface area contributed by atoms with Crippen LogP contribution in [0.2, 0.25) is 0 Å². The summed E-state index contributed by atoms with van der Waals surface area (Å²) < 4.78 is 0. The van der Waals surface area contributed by atoms with Crippen molar-refractivity contribution < 1.29 is 15.3 Å². The van der Waals surface area contributed by atoms with Crippen LogP contribution in [-0.2, 0) is 0 Å². The van der Waals surface area contributed by atoms with Gasteiger partial charge in [-0.05, 0) is 85.7 Å². The van der Waals surface area contributed by atoms with E-state index in [4.69, 9.17) is 0 Å². The molecule has 3 fully saturated rings. The quantitative estimate of drug-likeness (QED) is 0.490. The minimum atomic E-state index is -0.755. The molecule has 3 heteroatoms. The molecule has 3 nitrogen and oxygen atoms in total. The van der Waals surface area contributed by atoms with Crippen molar-refractivity contribution in [3.8, 4) is 0 Å². The Labute approximate surface area is 189 Å². The van der Waals surface area contributed by atoms with Gasteiger partial charge in [-0.3, -0.25) is 0 Å². The second-order valence-corrected chi connectivity index (χ2v) is 11.3. The number of aliphatic hydroxyl groups excluding tert-OH is 2. The zero-order valence-corrected chi connectivity index (χ0v) is 20.3. The molecule has 3 aliphatic carbocycles. The van der Waals surface area contributed by atoms with Crippen molar-refractivity contribution in [2.24, 2.45) is 29.1 Å².